The van der Waals surface area contributed by atoms with Crippen LogP contribution in [0.3, 0.4) is 0 Å². The third-order valence-electron chi connectivity index (χ3n) is 6.53. The predicted octanol–water partition coefficient (Wildman–Crippen LogP) is 4.90. The molecule has 4 rings (SSSR count). The summed E-state index contributed by atoms with van der Waals surface area (Å²) >= 11 is 0. The van der Waals surface area contributed by atoms with Crippen LogP contribution >= 0.6 is 0 Å². The van der Waals surface area contributed by atoms with Crippen LogP contribution in [-0.2, 0) is 13.2 Å². The summed E-state index contributed by atoms with van der Waals surface area (Å²) in [4.78, 5) is 19.2. The van der Waals surface area contributed by atoms with Crippen molar-refractivity contribution >= 4 is 16.7 Å². The Morgan fingerprint density at radius 3 is 2.68 bits per heavy atom. The van der Waals surface area contributed by atoms with Gasteiger partial charge in [-0.05, 0) is 43.7 Å². The highest BCUT2D eigenvalue weighted by atomic mass is 19.4. The molecule has 0 amide bonds. The summed E-state index contributed by atoms with van der Waals surface area (Å²) in [5.41, 5.74) is 1.18. The number of halogens is 3. The molecule has 3 atom stereocenters. The molecule has 1 aliphatic heterocycles. The molecule has 0 N–H and O–H groups in total. The second-order valence-corrected chi connectivity index (χ2v) is 8.69. The van der Waals surface area contributed by atoms with Crippen LogP contribution < -0.4 is 15.2 Å². The number of anilines is 1. The van der Waals surface area contributed by atoms with Crippen LogP contribution in [0.2, 0.25) is 0 Å². The molecule has 1 aliphatic rings. The lowest BCUT2D eigenvalue weighted by molar-refractivity contribution is -0.137. The van der Waals surface area contributed by atoms with Crippen LogP contribution in [0.5, 0.6) is 5.75 Å². The third kappa shape index (κ3) is 4.45. The minimum absolute atomic E-state index is 0.0176. The number of alkyl halides is 3. The number of hydrogen-bond acceptors (Lipinski definition) is 5. The van der Waals surface area contributed by atoms with Gasteiger partial charge in [0.25, 0.3) is 5.56 Å². The monoisotopic (exact) mass is 470 g/mol. The van der Waals surface area contributed by atoms with E-state index < -0.39 is 11.7 Å². The van der Waals surface area contributed by atoms with Gasteiger partial charge in [0.1, 0.15) is 29.1 Å². The highest BCUT2D eigenvalue weighted by molar-refractivity contribution is 5.89. The molecule has 1 saturated heterocycles. The number of nitriles is 1. The molecule has 178 valence electrons. The zero-order chi connectivity index (χ0) is 24.6. The largest absolute Gasteiger partial charge is 0.490 e. The van der Waals surface area contributed by atoms with Gasteiger partial charge in [-0.2, -0.15) is 18.4 Å². The predicted molar refractivity (Wildman–Crippen MR) is 123 cm³/mol. The van der Waals surface area contributed by atoms with Crippen molar-refractivity contribution in [2.24, 2.45) is 13.0 Å². The summed E-state index contributed by atoms with van der Waals surface area (Å²) in [5.74, 6) is 0.210. The van der Waals surface area contributed by atoms with E-state index in [0.717, 1.165) is 18.6 Å². The van der Waals surface area contributed by atoms with Crippen LogP contribution in [0.1, 0.15) is 37.9 Å². The number of pyridine rings is 2. The first-order chi connectivity index (χ1) is 16.1. The molecule has 34 heavy (non-hydrogen) atoms. The molecule has 0 aliphatic carbocycles. The Hall–Kier alpha value is -3.54. The quantitative estimate of drug-likeness (QED) is 0.543. The van der Waals surface area contributed by atoms with E-state index in [1.54, 1.807) is 25.2 Å². The molecular formula is C25H25F3N4O2. The Labute approximate surface area is 195 Å². The van der Waals surface area contributed by atoms with Crippen molar-refractivity contribution in [2.45, 2.75) is 45.0 Å². The second kappa shape index (κ2) is 9.01. The van der Waals surface area contributed by atoms with Crippen LogP contribution in [0.25, 0.3) is 11.0 Å². The van der Waals surface area contributed by atoms with Gasteiger partial charge in [-0.15, -0.1) is 0 Å². The van der Waals surface area contributed by atoms with E-state index in [-0.39, 0.29) is 35.1 Å². The van der Waals surface area contributed by atoms with Crippen molar-refractivity contribution in [1.29, 1.82) is 5.26 Å². The average Bonchev–Trinajstić information content (AvgIpc) is 2.81. The fourth-order valence-corrected chi connectivity index (χ4v) is 4.59. The minimum Gasteiger partial charge on any atom is -0.490 e. The Kier molecular flexibility index (Phi) is 6.26. The zero-order valence-corrected chi connectivity index (χ0v) is 19.1. The number of ether oxygens (including phenoxy) is 1. The van der Waals surface area contributed by atoms with Crippen LogP contribution in [0.15, 0.2) is 47.3 Å². The van der Waals surface area contributed by atoms with E-state index in [4.69, 9.17) is 4.74 Å². The number of aryl methyl sites for hydroxylation is 1. The van der Waals surface area contributed by atoms with Gasteiger partial charge in [0.05, 0.1) is 16.8 Å². The SMILES string of the molecule is CC[C@@H]1CN(c2cc(=O)n(C)c3ccc(C#N)nc23)[C@H](C)C[C@@H]1Oc1cccc(C(F)(F)F)c1. The molecule has 6 nitrogen and oxygen atoms in total. The number of fused-ring (bicyclic) bond motifs is 1. The molecular weight excluding hydrogens is 445 g/mol. The highest BCUT2D eigenvalue weighted by Crippen LogP contribution is 2.36. The lowest BCUT2D eigenvalue weighted by Gasteiger charge is -2.44. The number of rotatable bonds is 4. The first kappa shape index (κ1) is 23.6. The normalized spacial score (nSPS) is 20.9. The maximum absolute atomic E-state index is 13.1. The minimum atomic E-state index is -4.43. The van der Waals surface area contributed by atoms with E-state index in [9.17, 15) is 23.2 Å². The molecule has 2 aromatic heterocycles. The summed E-state index contributed by atoms with van der Waals surface area (Å²) in [6.45, 7) is 4.54. The average molecular weight is 470 g/mol. The van der Waals surface area contributed by atoms with E-state index >= 15 is 0 Å². The van der Waals surface area contributed by atoms with Gasteiger partial charge in [0, 0.05) is 38.0 Å². The van der Waals surface area contributed by atoms with E-state index in [1.807, 2.05) is 19.9 Å². The van der Waals surface area contributed by atoms with E-state index in [2.05, 4.69) is 9.88 Å². The van der Waals surface area contributed by atoms with Gasteiger partial charge in [-0.25, -0.2) is 4.98 Å². The Morgan fingerprint density at radius 2 is 2.00 bits per heavy atom. The molecule has 0 saturated carbocycles. The molecule has 1 fully saturated rings. The molecule has 0 spiro atoms. The molecule has 0 radical (unpaired) electrons. The standard InChI is InChI=1S/C25H25F3N4O2/c1-4-16-14-32(21-12-23(33)31(3)20-9-8-18(13-29)30-24(20)21)15(2)10-22(16)34-19-7-5-6-17(11-19)25(26,27)28/h5-9,11-12,15-16,22H,4,10,14H2,1-3H3/t15-,16-,22+/m1/s1. The van der Waals surface area contributed by atoms with E-state index in [1.165, 1.54) is 16.7 Å². The summed E-state index contributed by atoms with van der Waals surface area (Å²) < 4.78 is 46.9. The Morgan fingerprint density at radius 1 is 1.24 bits per heavy atom. The maximum Gasteiger partial charge on any atom is 0.416 e. The molecule has 3 heterocycles. The lowest BCUT2D eigenvalue weighted by atomic mass is 9.87. The van der Waals surface area contributed by atoms with Crippen LogP contribution in [-0.4, -0.2) is 28.2 Å². The molecule has 0 bridgehead atoms. The van der Waals surface area contributed by atoms with Gasteiger partial charge < -0.3 is 14.2 Å². The van der Waals surface area contributed by atoms with Gasteiger partial charge in [-0.3, -0.25) is 4.79 Å². The fourth-order valence-electron chi connectivity index (χ4n) is 4.59. The topological polar surface area (TPSA) is 71.2 Å². The maximum atomic E-state index is 13.1. The number of piperidine rings is 1. The first-order valence-electron chi connectivity index (χ1n) is 11.1. The molecule has 3 aromatic rings. The van der Waals surface area contributed by atoms with Crippen molar-refractivity contribution < 1.29 is 17.9 Å². The molecule has 1 aromatic carbocycles. The first-order valence-corrected chi connectivity index (χ1v) is 11.1. The van der Waals surface area contributed by atoms with Crippen molar-refractivity contribution in [1.82, 2.24) is 9.55 Å². The van der Waals surface area contributed by atoms with Crippen LogP contribution in [0, 0.1) is 17.2 Å². The van der Waals surface area contributed by atoms with Gasteiger partial charge in [-0.1, -0.05) is 13.0 Å². The smallest absolute Gasteiger partial charge is 0.416 e. The number of nitrogens with zero attached hydrogens (tertiary/aromatic N) is 4. The van der Waals surface area contributed by atoms with Crippen molar-refractivity contribution in [3.63, 3.8) is 0 Å². The van der Waals surface area contributed by atoms with Crippen molar-refractivity contribution in [3.05, 3.63) is 64.1 Å². The molecule has 9 heteroatoms. The lowest BCUT2D eigenvalue weighted by Crippen LogP contribution is -2.50. The Bertz CT molecular complexity index is 1310. The van der Waals surface area contributed by atoms with Crippen molar-refractivity contribution in [2.75, 3.05) is 11.4 Å². The highest BCUT2D eigenvalue weighted by Gasteiger charge is 2.36. The summed E-state index contributed by atoms with van der Waals surface area (Å²) in [6, 6.07) is 11.8. The van der Waals surface area contributed by atoms with E-state index in [0.29, 0.717) is 29.7 Å². The molecule has 0 unspecified atom stereocenters. The second-order valence-electron chi connectivity index (χ2n) is 8.69. The summed E-state index contributed by atoms with van der Waals surface area (Å²) in [5, 5.41) is 9.32. The third-order valence-corrected chi connectivity index (χ3v) is 6.53. The van der Waals surface area contributed by atoms with Crippen molar-refractivity contribution in [3.8, 4) is 11.8 Å². The summed E-state index contributed by atoms with van der Waals surface area (Å²) in [7, 11) is 1.66. The van der Waals surface area contributed by atoms with Crippen LogP contribution in [0.4, 0.5) is 18.9 Å². The summed E-state index contributed by atoms with van der Waals surface area (Å²) in [6.07, 6.45) is -3.41. The van der Waals surface area contributed by atoms with Gasteiger partial charge >= 0.3 is 6.18 Å². The number of benzene rings is 1. The Balaban J connectivity index is 1.66. The van der Waals surface area contributed by atoms with Gasteiger partial charge in [0.15, 0.2) is 0 Å². The number of aromatic nitrogens is 2. The number of hydrogen-bond donors (Lipinski definition) is 0. The fraction of sp³-hybridized carbons (Fsp3) is 0.400. The zero-order valence-electron chi connectivity index (χ0n) is 19.1. The van der Waals surface area contributed by atoms with Gasteiger partial charge in [0.2, 0.25) is 0 Å².